The van der Waals surface area contributed by atoms with Crippen molar-refractivity contribution < 1.29 is 19.0 Å². The largest absolute Gasteiger partial charge is 0.494 e. The van der Waals surface area contributed by atoms with Crippen molar-refractivity contribution in [2.45, 2.75) is 19.8 Å². The Morgan fingerprint density at radius 3 is 1.94 bits per heavy atom. The van der Waals surface area contributed by atoms with Gasteiger partial charge in [-0.25, -0.2) is 0 Å². The lowest BCUT2D eigenvalue weighted by molar-refractivity contribution is 0.174. The monoisotopic (exact) mass is 599 g/mol. The van der Waals surface area contributed by atoms with Crippen LogP contribution >= 0.6 is 69.6 Å². The Morgan fingerprint density at radius 1 is 0.771 bits per heavy atom. The van der Waals surface area contributed by atoms with Gasteiger partial charge in [0.15, 0.2) is 5.75 Å². The molecule has 0 radical (unpaired) electrons. The molecule has 0 fully saturated rings. The minimum Gasteiger partial charge on any atom is -0.494 e. The van der Waals surface area contributed by atoms with Crippen molar-refractivity contribution in [3.05, 3.63) is 73.1 Å². The van der Waals surface area contributed by atoms with Gasteiger partial charge in [-0.3, -0.25) is 0 Å². The topological polar surface area (TPSA) is 49.3 Å². The van der Waals surface area contributed by atoms with Crippen LogP contribution in [0, 0.1) is 0 Å². The highest BCUT2D eigenvalue weighted by Gasteiger charge is 2.10. The fourth-order valence-electron chi connectivity index (χ4n) is 2.61. The Kier molecular flexibility index (Phi) is 13.9. The SMILES string of the molecule is CC(=NOCC=C(Cl)Cl)c1ccc(OCCCCOc2c(Cl)cc(OCC=C(Cl)Cl)cc2Cl)cc1. The molecule has 0 N–H and O–H groups in total. The van der Waals surface area contributed by atoms with Crippen molar-refractivity contribution in [3.8, 4) is 17.2 Å². The van der Waals surface area contributed by atoms with Crippen LogP contribution in [0.5, 0.6) is 17.2 Å². The van der Waals surface area contributed by atoms with Crippen LogP contribution in [0.15, 0.2) is 62.7 Å². The summed E-state index contributed by atoms with van der Waals surface area (Å²) in [6, 6.07) is 10.8. The van der Waals surface area contributed by atoms with Gasteiger partial charge in [-0.1, -0.05) is 74.8 Å². The molecule has 0 aliphatic rings. The fraction of sp³-hybridized carbons (Fsp3) is 0.292. The van der Waals surface area contributed by atoms with Gasteiger partial charge in [0.05, 0.1) is 29.0 Å². The molecule has 2 rings (SSSR count). The number of oxime groups is 1. The fourth-order valence-corrected chi connectivity index (χ4v) is 3.43. The quantitative estimate of drug-likeness (QED) is 0.123. The molecule has 2 aromatic rings. The van der Waals surface area contributed by atoms with Gasteiger partial charge < -0.3 is 19.0 Å². The third-order valence-corrected chi connectivity index (χ3v) is 5.48. The molecule has 0 saturated heterocycles. The van der Waals surface area contributed by atoms with E-state index in [1.54, 1.807) is 12.1 Å². The van der Waals surface area contributed by atoms with Crippen LogP contribution in [0.4, 0.5) is 0 Å². The molecule has 11 heteroatoms. The van der Waals surface area contributed by atoms with Gasteiger partial charge in [0.25, 0.3) is 0 Å². The number of hydrogen-bond donors (Lipinski definition) is 0. The van der Waals surface area contributed by atoms with E-state index in [4.69, 9.17) is 88.7 Å². The standard InChI is InChI=1S/C24H23Cl6NO4/c1-16(31-35-13-9-23(29)30)17-4-6-18(7-5-17)32-10-2-3-11-34-24-20(25)14-19(15-21(24)26)33-12-8-22(27)28/h4-9,14-15H,2-3,10-13H2,1H3. The summed E-state index contributed by atoms with van der Waals surface area (Å²) in [5, 5.41) is 4.73. The first kappa shape index (κ1) is 29.8. The third kappa shape index (κ3) is 11.9. The summed E-state index contributed by atoms with van der Waals surface area (Å²) < 4.78 is 17.3. The molecular formula is C24H23Cl6NO4. The summed E-state index contributed by atoms with van der Waals surface area (Å²) in [6.45, 7) is 3.21. The number of ether oxygens (including phenoxy) is 3. The number of hydrogen-bond acceptors (Lipinski definition) is 5. The maximum absolute atomic E-state index is 6.27. The molecule has 0 aromatic heterocycles. The zero-order chi connectivity index (χ0) is 25.6. The first-order valence-electron chi connectivity index (χ1n) is 10.4. The molecule has 0 unspecified atom stereocenters. The molecule has 5 nitrogen and oxygen atoms in total. The van der Waals surface area contributed by atoms with Crippen LogP contribution in [-0.4, -0.2) is 32.1 Å². The van der Waals surface area contributed by atoms with E-state index in [2.05, 4.69) is 5.16 Å². The first-order valence-corrected chi connectivity index (χ1v) is 12.7. The van der Waals surface area contributed by atoms with E-state index in [1.807, 2.05) is 31.2 Å². The maximum atomic E-state index is 6.27. The summed E-state index contributed by atoms with van der Waals surface area (Å²) in [7, 11) is 0. The van der Waals surface area contributed by atoms with Gasteiger partial charge in [0.1, 0.15) is 33.7 Å². The smallest absolute Gasteiger partial charge is 0.156 e. The van der Waals surface area contributed by atoms with E-state index in [-0.39, 0.29) is 22.2 Å². The van der Waals surface area contributed by atoms with Gasteiger partial charge in [-0.15, -0.1) is 0 Å². The van der Waals surface area contributed by atoms with Gasteiger partial charge in [0, 0.05) is 12.1 Å². The van der Waals surface area contributed by atoms with E-state index in [9.17, 15) is 0 Å². The molecule has 0 bridgehead atoms. The number of nitrogens with zero attached hydrogens (tertiary/aromatic N) is 1. The van der Waals surface area contributed by atoms with Gasteiger partial charge >= 0.3 is 0 Å². The molecule has 0 amide bonds. The number of unbranched alkanes of at least 4 members (excludes halogenated alkanes) is 1. The lowest BCUT2D eigenvalue weighted by atomic mass is 10.1. The molecule has 0 spiro atoms. The molecule has 35 heavy (non-hydrogen) atoms. The highest BCUT2D eigenvalue weighted by Crippen LogP contribution is 2.37. The van der Waals surface area contributed by atoms with Crippen molar-refractivity contribution in [3.63, 3.8) is 0 Å². The minimum atomic E-state index is 0.122. The molecular weight excluding hydrogens is 579 g/mol. The van der Waals surface area contributed by atoms with Crippen molar-refractivity contribution in [2.24, 2.45) is 5.16 Å². The van der Waals surface area contributed by atoms with Crippen LogP contribution in [0.3, 0.4) is 0 Å². The zero-order valence-corrected chi connectivity index (χ0v) is 23.2. The third-order valence-electron chi connectivity index (χ3n) is 4.30. The van der Waals surface area contributed by atoms with Gasteiger partial charge in [-0.2, -0.15) is 0 Å². The molecule has 0 aliphatic carbocycles. The zero-order valence-electron chi connectivity index (χ0n) is 18.7. The van der Waals surface area contributed by atoms with Gasteiger partial charge in [0.2, 0.25) is 0 Å². The van der Waals surface area contributed by atoms with Crippen molar-refractivity contribution in [1.82, 2.24) is 0 Å². The average molecular weight is 602 g/mol. The lowest BCUT2D eigenvalue weighted by Gasteiger charge is -2.12. The van der Waals surface area contributed by atoms with Crippen molar-refractivity contribution >= 4 is 75.3 Å². The Balaban J connectivity index is 1.71. The van der Waals surface area contributed by atoms with E-state index >= 15 is 0 Å². The van der Waals surface area contributed by atoms with Crippen molar-refractivity contribution in [1.29, 1.82) is 0 Å². The van der Waals surface area contributed by atoms with E-state index < -0.39 is 0 Å². The van der Waals surface area contributed by atoms with Crippen LogP contribution in [0.25, 0.3) is 0 Å². The molecule has 0 aliphatic heterocycles. The maximum Gasteiger partial charge on any atom is 0.156 e. The highest BCUT2D eigenvalue weighted by atomic mass is 35.5. The number of halogens is 6. The summed E-state index contributed by atoms with van der Waals surface area (Å²) in [5.41, 5.74) is 1.64. The lowest BCUT2D eigenvalue weighted by Crippen LogP contribution is -2.04. The predicted octanol–water partition coefficient (Wildman–Crippen LogP) is 8.99. The summed E-state index contributed by atoms with van der Waals surface area (Å²) in [4.78, 5) is 5.14. The molecule has 0 atom stereocenters. The second-order valence-corrected chi connectivity index (χ2v) is 9.75. The number of benzene rings is 2. The van der Waals surface area contributed by atoms with Crippen molar-refractivity contribution in [2.75, 3.05) is 26.4 Å². The normalized spacial score (nSPS) is 11.0. The Bertz CT molecular complexity index is 1010. The van der Waals surface area contributed by atoms with Crippen LogP contribution in [0.1, 0.15) is 25.3 Å². The summed E-state index contributed by atoms with van der Waals surface area (Å²) in [6.07, 6.45) is 4.56. The Hall–Kier alpha value is -1.47. The van der Waals surface area contributed by atoms with Crippen LogP contribution in [-0.2, 0) is 4.84 Å². The average Bonchev–Trinajstić information content (AvgIpc) is 2.80. The van der Waals surface area contributed by atoms with Gasteiger partial charge in [-0.05, 0) is 61.7 Å². The molecule has 0 saturated carbocycles. The first-order chi connectivity index (χ1) is 16.8. The highest BCUT2D eigenvalue weighted by molar-refractivity contribution is 6.56. The van der Waals surface area contributed by atoms with E-state index in [0.29, 0.717) is 34.8 Å². The predicted molar refractivity (Wildman–Crippen MR) is 146 cm³/mol. The van der Waals surface area contributed by atoms with E-state index in [0.717, 1.165) is 29.9 Å². The van der Waals surface area contributed by atoms with Crippen LogP contribution in [0.2, 0.25) is 10.0 Å². The second kappa shape index (κ2) is 16.3. The Morgan fingerprint density at radius 2 is 1.34 bits per heavy atom. The molecule has 2 aromatic carbocycles. The summed E-state index contributed by atoms with van der Waals surface area (Å²) in [5.74, 6) is 1.65. The molecule has 0 heterocycles. The minimum absolute atomic E-state index is 0.122. The Labute approximate surface area is 235 Å². The number of rotatable bonds is 14. The molecule has 190 valence electrons. The second-order valence-electron chi connectivity index (χ2n) is 6.92. The summed E-state index contributed by atoms with van der Waals surface area (Å²) >= 11 is 34.7. The van der Waals surface area contributed by atoms with Crippen LogP contribution < -0.4 is 14.2 Å². The van der Waals surface area contributed by atoms with E-state index in [1.165, 1.54) is 12.2 Å².